The number of hydrogen-bond acceptors (Lipinski definition) is 3. The number of rotatable bonds is 4. The lowest BCUT2D eigenvalue weighted by Gasteiger charge is -2.36. The third kappa shape index (κ3) is 3.79. The first-order valence-electron chi connectivity index (χ1n) is 7.89. The van der Waals surface area contributed by atoms with E-state index in [-0.39, 0.29) is 17.5 Å². The minimum Gasteiger partial charge on any atom is -0.478 e. The molecule has 0 radical (unpaired) electrons. The summed E-state index contributed by atoms with van der Waals surface area (Å²) in [6.45, 7) is 0.746. The van der Waals surface area contributed by atoms with Crippen LogP contribution in [-0.2, 0) is 11.2 Å². The molecule has 1 N–H and O–H groups in total. The fourth-order valence-electron chi connectivity index (χ4n) is 2.89. The molecule has 3 rings (SSSR count). The van der Waals surface area contributed by atoms with Crippen molar-refractivity contribution in [3.8, 4) is 0 Å². The molecule has 124 valence electrons. The van der Waals surface area contributed by atoms with Crippen LogP contribution < -0.4 is 0 Å². The first kappa shape index (κ1) is 16.6. The number of benzene rings is 2. The van der Waals surface area contributed by atoms with E-state index in [4.69, 9.17) is 5.11 Å². The number of amides is 1. The molecule has 1 aliphatic heterocycles. The molecule has 5 heteroatoms. The molecule has 1 atom stereocenters. The van der Waals surface area contributed by atoms with E-state index in [0.717, 1.165) is 23.6 Å². The number of hydrogen-bond donors (Lipinski definition) is 1. The van der Waals surface area contributed by atoms with Gasteiger partial charge >= 0.3 is 5.97 Å². The highest BCUT2D eigenvalue weighted by atomic mass is 32.2. The minimum absolute atomic E-state index is 0.0900. The molecule has 1 fully saturated rings. The number of carbonyl (C=O) groups is 2. The number of carboxylic acids is 1. The summed E-state index contributed by atoms with van der Waals surface area (Å²) >= 11 is 1.87. The maximum atomic E-state index is 12.8. The van der Waals surface area contributed by atoms with Gasteiger partial charge in [0, 0.05) is 18.1 Å². The van der Waals surface area contributed by atoms with Crippen LogP contribution in [0.5, 0.6) is 0 Å². The minimum atomic E-state index is -0.954. The third-order valence-corrected chi connectivity index (χ3v) is 5.21. The number of aromatic carboxylic acids is 1. The van der Waals surface area contributed by atoms with Gasteiger partial charge in [0.1, 0.15) is 0 Å². The summed E-state index contributed by atoms with van der Waals surface area (Å²) in [6.07, 6.45) is 0.300. The van der Waals surface area contributed by atoms with Gasteiger partial charge in [-0.2, -0.15) is 11.8 Å². The standard InChI is InChI=1S/C19H19NO3S/c21-18(12-14-6-8-16(9-7-14)19(22)23)20-10-11-24-13-17(20)15-4-2-1-3-5-15/h1-9,17H,10-13H2,(H,22,23). The van der Waals surface area contributed by atoms with Gasteiger partial charge in [0.2, 0.25) is 5.91 Å². The second kappa shape index (κ2) is 7.53. The highest BCUT2D eigenvalue weighted by Gasteiger charge is 2.28. The summed E-state index contributed by atoms with van der Waals surface area (Å²) in [7, 11) is 0. The highest BCUT2D eigenvalue weighted by Crippen LogP contribution is 2.30. The molecule has 1 aliphatic rings. The lowest BCUT2D eigenvalue weighted by atomic mass is 10.0. The Bertz CT molecular complexity index is 715. The first-order chi connectivity index (χ1) is 11.6. The second-order valence-corrected chi connectivity index (χ2v) is 6.92. The van der Waals surface area contributed by atoms with E-state index in [9.17, 15) is 9.59 Å². The van der Waals surface area contributed by atoms with Crippen molar-refractivity contribution in [2.24, 2.45) is 0 Å². The van der Waals surface area contributed by atoms with E-state index >= 15 is 0 Å². The van der Waals surface area contributed by atoms with Gasteiger partial charge in [-0.15, -0.1) is 0 Å². The molecule has 2 aromatic rings. The van der Waals surface area contributed by atoms with E-state index in [0.29, 0.717) is 6.42 Å². The summed E-state index contributed by atoms with van der Waals surface area (Å²) in [4.78, 5) is 25.6. The fourth-order valence-corrected chi connectivity index (χ4v) is 3.98. The van der Waals surface area contributed by atoms with E-state index < -0.39 is 5.97 Å². The van der Waals surface area contributed by atoms with Gasteiger partial charge < -0.3 is 10.0 Å². The molecule has 0 aromatic heterocycles. The van der Waals surface area contributed by atoms with Crippen molar-refractivity contribution in [3.05, 3.63) is 71.3 Å². The lowest BCUT2D eigenvalue weighted by molar-refractivity contribution is -0.132. The van der Waals surface area contributed by atoms with Gasteiger partial charge in [-0.1, -0.05) is 42.5 Å². The Kier molecular flexibility index (Phi) is 5.20. The Morgan fingerprint density at radius 3 is 2.46 bits per heavy atom. The van der Waals surface area contributed by atoms with Crippen molar-refractivity contribution in [3.63, 3.8) is 0 Å². The van der Waals surface area contributed by atoms with Crippen LogP contribution in [-0.4, -0.2) is 39.9 Å². The third-order valence-electron chi connectivity index (χ3n) is 4.19. The van der Waals surface area contributed by atoms with Crippen molar-refractivity contribution in [2.75, 3.05) is 18.1 Å². The van der Waals surface area contributed by atoms with Crippen LogP contribution in [0.1, 0.15) is 27.5 Å². The molecule has 0 aliphatic carbocycles. The molecule has 1 heterocycles. The van der Waals surface area contributed by atoms with Crippen LogP contribution in [0.3, 0.4) is 0 Å². The number of carboxylic acid groups (broad SMARTS) is 1. The van der Waals surface area contributed by atoms with E-state index in [1.165, 1.54) is 5.56 Å². The Labute approximate surface area is 145 Å². The van der Waals surface area contributed by atoms with Crippen LogP contribution >= 0.6 is 11.8 Å². The fraction of sp³-hybridized carbons (Fsp3) is 0.263. The Hall–Kier alpha value is -2.27. The molecule has 0 bridgehead atoms. The van der Waals surface area contributed by atoms with Crippen molar-refractivity contribution in [2.45, 2.75) is 12.5 Å². The normalized spacial score (nSPS) is 17.5. The van der Waals surface area contributed by atoms with Crippen molar-refractivity contribution >= 4 is 23.6 Å². The summed E-state index contributed by atoms with van der Waals surface area (Å²) in [5.74, 6) is 0.998. The maximum absolute atomic E-state index is 12.8. The second-order valence-electron chi connectivity index (χ2n) is 5.77. The molecule has 24 heavy (non-hydrogen) atoms. The zero-order valence-electron chi connectivity index (χ0n) is 13.2. The monoisotopic (exact) mass is 341 g/mol. The Balaban J connectivity index is 1.73. The van der Waals surface area contributed by atoms with Gasteiger partial charge in [0.05, 0.1) is 18.0 Å². The van der Waals surface area contributed by atoms with E-state index in [1.807, 2.05) is 34.9 Å². The molecule has 2 aromatic carbocycles. The molecule has 0 saturated carbocycles. The molecular formula is C19H19NO3S. The number of thioether (sulfide) groups is 1. The van der Waals surface area contributed by atoms with Crippen LogP contribution in [0.4, 0.5) is 0 Å². The summed E-state index contributed by atoms with van der Waals surface area (Å²) in [5.41, 5.74) is 2.25. The molecular weight excluding hydrogens is 322 g/mol. The van der Waals surface area contributed by atoms with Gasteiger partial charge in [0.15, 0.2) is 0 Å². The topological polar surface area (TPSA) is 57.6 Å². The molecule has 0 spiro atoms. The number of nitrogens with zero attached hydrogens (tertiary/aromatic N) is 1. The van der Waals surface area contributed by atoms with Gasteiger partial charge in [-0.05, 0) is 23.3 Å². The molecule has 1 saturated heterocycles. The van der Waals surface area contributed by atoms with Gasteiger partial charge in [-0.25, -0.2) is 4.79 Å². The number of carbonyl (C=O) groups excluding carboxylic acids is 1. The zero-order chi connectivity index (χ0) is 16.9. The lowest BCUT2D eigenvalue weighted by Crippen LogP contribution is -2.41. The van der Waals surface area contributed by atoms with Crippen LogP contribution in [0.15, 0.2) is 54.6 Å². The van der Waals surface area contributed by atoms with Gasteiger partial charge in [0.25, 0.3) is 0 Å². The summed E-state index contributed by atoms with van der Waals surface area (Å²) in [6, 6.07) is 16.8. The Morgan fingerprint density at radius 1 is 1.08 bits per heavy atom. The van der Waals surface area contributed by atoms with Crippen LogP contribution in [0.2, 0.25) is 0 Å². The SMILES string of the molecule is O=C(O)c1ccc(CC(=O)N2CCSCC2c2ccccc2)cc1. The Morgan fingerprint density at radius 2 is 1.79 bits per heavy atom. The predicted octanol–water partition coefficient (Wildman–Crippen LogP) is 3.24. The predicted molar refractivity (Wildman–Crippen MR) is 95.3 cm³/mol. The summed E-state index contributed by atoms with van der Waals surface area (Å²) < 4.78 is 0. The van der Waals surface area contributed by atoms with Crippen LogP contribution in [0, 0.1) is 0 Å². The summed E-state index contributed by atoms with van der Waals surface area (Å²) in [5, 5.41) is 8.94. The largest absolute Gasteiger partial charge is 0.478 e. The quantitative estimate of drug-likeness (QED) is 0.927. The van der Waals surface area contributed by atoms with E-state index in [2.05, 4.69) is 12.1 Å². The van der Waals surface area contributed by atoms with Crippen molar-refractivity contribution in [1.82, 2.24) is 4.90 Å². The zero-order valence-corrected chi connectivity index (χ0v) is 14.0. The first-order valence-corrected chi connectivity index (χ1v) is 9.05. The average Bonchev–Trinajstić information content (AvgIpc) is 2.63. The highest BCUT2D eigenvalue weighted by molar-refractivity contribution is 7.99. The van der Waals surface area contributed by atoms with Crippen molar-refractivity contribution in [1.29, 1.82) is 0 Å². The maximum Gasteiger partial charge on any atom is 0.335 e. The van der Waals surface area contributed by atoms with Gasteiger partial charge in [-0.3, -0.25) is 4.79 Å². The average molecular weight is 341 g/mol. The van der Waals surface area contributed by atoms with Crippen LogP contribution in [0.25, 0.3) is 0 Å². The molecule has 4 nitrogen and oxygen atoms in total. The molecule has 1 unspecified atom stereocenters. The smallest absolute Gasteiger partial charge is 0.335 e. The van der Waals surface area contributed by atoms with Crippen molar-refractivity contribution < 1.29 is 14.7 Å². The van der Waals surface area contributed by atoms with E-state index in [1.54, 1.807) is 24.3 Å². The molecule has 1 amide bonds.